The van der Waals surface area contributed by atoms with Gasteiger partial charge in [0, 0.05) is 17.3 Å². The minimum Gasteiger partial charge on any atom is -0.444 e. The maximum absolute atomic E-state index is 12.0. The van der Waals surface area contributed by atoms with Gasteiger partial charge in [-0.15, -0.1) is 0 Å². The summed E-state index contributed by atoms with van der Waals surface area (Å²) in [5, 5.41) is 2.99. The molecule has 1 aromatic heterocycles. The van der Waals surface area contributed by atoms with Gasteiger partial charge in [-0.05, 0) is 37.1 Å². The van der Waals surface area contributed by atoms with Gasteiger partial charge in [-0.1, -0.05) is 12.8 Å². The lowest BCUT2D eigenvalue weighted by molar-refractivity contribution is 0.0933. The van der Waals surface area contributed by atoms with Gasteiger partial charge in [0.05, 0.1) is 0 Å². The second-order valence-electron chi connectivity index (χ2n) is 5.11. The van der Waals surface area contributed by atoms with Crippen LogP contribution in [0.25, 0.3) is 11.5 Å². The molecule has 104 valence electrons. The molecular weight excluding hydrogens is 254 g/mol. The molecule has 0 atom stereocenters. The van der Waals surface area contributed by atoms with Crippen LogP contribution in [0.3, 0.4) is 0 Å². The molecule has 3 N–H and O–H groups in total. The molecule has 5 nitrogen and oxygen atoms in total. The van der Waals surface area contributed by atoms with Crippen LogP contribution in [0.1, 0.15) is 36.2 Å². The number of nitrogens with two attached hydrogens (primary N) is 1. The highest BCUT2D eigenvalue weighted by atomic mass is 16.3. The zero-order valence-electron chi connectivity index (χ0n) is 11.1. The van der Waals surface area contributed by atoms with Crippen LogP contribution in [0.5, 0.6) is 0 Å². The summed E-state index contributed by atoms with van der Waals surface area (Å²) < 4.78 is 5.36. The van der Waals surface area contributed by atoms with Crippen molar-refractivity contribution in [2.45, 2.75) is 31.7 Å². The van der Waals surface area contributed by atoms with Crippen LogP contribution in [-0.4, -0.2) is 16.9 Å². The molecule has 1 fully saturated rings. The number of amides is 1. The Morgan fingerprint density at radius 3 is 2.65 bits per heavy atom. The molecule has 2 aromatic rings. The number of carbonyl (C=O) groups is 1. The molecule has 0 spiro atoms. The third kappa shape index (κ3) is 2.66. The molecule has 0 radical (unpaired) electrons. The number of aromatic nitrogens is 1. The van der Waals surface area contributed by atoms with Gasteiger partial charge in [0.1, 0.15) is 6.26 Å². The molecule has 1 aliphatic rings. The number of nitrogens with one attached hydrogen (secondary N) is 1. The van der Waals surface area contributed by atoms with Crippen molar-refractivity contribution in [3.8, 4) is 11.5 Å². The van der Waals surface area contributed by atoms with Crippen LogP contribution in [0.4, 0.5) is 5.69 Å². The first-order valence-corrected chi connectivity index (χ1v) is 6.85. The number of rotatable bonds is 3. The predicted molar refractivity (Wildman–Crippen MR) is 76.1 cm³/mol. The van der Waals surface area contributed by atoms with E-state index in [-0.39, 0.29) is 11.9 Å². The van der Waals surface area contributed by atoms with Crippen molar-refractivity contribution < 1.29 is 9.21 Å². The lowest BCUT2D eigenvalue weighted by atomic mass is 10.2. The van der Waals surface area contributed by atoms with Crippen LogP contribution in [-0.2, 0) is 0 Å². The molecule has 1 aromatic carbocycles. The van der Waals surface area contributed by atoms with Crippen LogP contribution < -0.4 is 11.1 Å². The van der Waals surface area contributed by atoms with Crippen LogP contribution in [0.15, 0.2) is 34.9 Å². The average molecular weight is 271 g/mol. The Kier molecular flexibility index (Phi) is 3.41. The van der Waals surface area contributed by atoms with E-state index in [0.29, 0.717) is 17.3 Å². The number of nitrogens with zero attached hydrogens (tertiary/aromatic N) is 1. The van der Waals surface area contributed by atoms with Crippen molar-refractivity contribution in [3.63, 3.8) is 0 Å². The quantitative estimate of drug-likeness (QED) is 0.841. The van der Waals surface area contributed by atoms with E-state index in [2.05, 4.69) is 10.3 Å². The van der Waals surface area contributed by atoms with Gasteiger partial charge < -0.3 is 15.5 Å². The highest BCUT2D eigenvalue weighted by Gasteiger charge is 2.20. The predicted octanol–water partition coefficient (Wildman–Crippen LogP) is 2.60. The summed E-state index contributed by atoms with van der Waals surface area (Å²) in [4.78, 5) is 16.3. The number of anilines is 1. The van der Waals surface area contributed by atoms with Gasteiger partial charge in [-0.25, -0.2) is 4.98 Å². The van der Waals surface area contributed by atoms with Gasteiger partial charge in [-0.2, -0.15) is 0 Å². The Morgan fingerprint density at radius 2 is 1.95 bits per heavy atom. The first kappa shape index (κ1) is 12.7. The average Bonchev–Trinajstić information content (AvgIpc) is 3.10. The molecule has 0 aliphatic heterocycles. The van der Waals surface area contributed by atoms with E-state index in [4.69, 9.17) is 10.2 Å². The van der Waals surface area contributed by atoms with Gasteiger partial charge in [-0.3, -0.25) is 4.79 Å². The fourth-order valence-corrected chi connectivity index (χ4v) is 2.47. The molecule has 5 heteroatoms. The second kappa shape index (κ2) is 5.36. The molecule has 0 saturated heterocycles. The van der Waals surface area contributed by atoms with Crippen LogP contribution >= 0.6 is 0 Å². The lowest BCUT2D eigenvalue weighted by Crippen LogP contribution is -2.32. The van der Waals surface area contributed by atoms with Crippen molar-refractivity contribution in [2.75, 3.05) is 5.73 Å². The molecule has 1 heterocycles. The Morgan fingerprint density at radius 1 is 1.25 bits per heavy atom. The Bertz CT molecular complexity index is 598. The van der Waals surface area contributed by atoms with E-state index in [1.54, 1.807) is 12.1 Å². The smallest absolute Gasteiger partial charge is 0.273 e. The fourth-order valence-electron chi connectivity index (χ4n) is 2.47. The summed E-state index contributed by atoms with van der Waals surface area (Å²) in [6.07, 6.45) is 5.86. The van der Waals surface area contributed by atoms with Gasteiger partial charge >= 0.3 is 0 Å². The second-order valence-corrected chi connectivity index (χ2v) is 5.11. The van der Waals surface area contributed by atoms with E-state index in [1.165, 1.54) is 19.1 Å². The standard InChI is InChI=1S/C15H17N3O2/c16-11-7-5-10(6-8-11)15-18-13(9-20-15)14(19)17-12-3-1-2-4-12/h5-9,12H,1-4,16H2,(H,17,19). The maximum Gasteiger partial charge on any atom is 0.273 e. The Labute approximate surface area is 117 Å². The zero-order valence-corrected chi connectivity index (χ0v) is 11.1. The lowest BCUT2D eigenvalue weighted by Gasteiger charge is -2.09. The van der Waals surface area contributed by atoms with Gasteiger partial charge in [0.25, 0.3) is 5.91 Å². The zero-order chi connectivity index (χ0) is 13.9. The number of benzene rings is 1. The minimum absolute atomic E-state index is 0.164. The Balaban J connectivity index is 1.72. The van der Waals surface area contributed by atoms with E-state index in [0.717, 1.165) is 18.4 Å². The molecule has 1 aliphatic carbocycles. The third-order valence-corrected chi connectivity index (χ3v) is 3.58. The summed E-state index contributed by atoms with van der Waals surface area (Å²) >= 11 is 0. The summed E-state index contributed by atoms with van der Waals surface area (Å²) in [7, 11) is 0. The van der Waals surface area contributed by atoms with E-state index in [9.17, 15) is 4.79 Å². The number of hydrogen-bond acceptors (Lipinski definition) is 4. The SMILES string of the molecule is Nc1ccc(-c2nc(C(=O)NC3CCCC3)co2)cc1. The van der Waals surface area contributed by atoms with Crippen molar-refractivity contribution in [1.29, 1.82) is 0 Å². The van der Waals surface area contributed by atoms with Crippen LogP contribution in [0.2, 0.25) is 0 Å². The minimum atomic E-state index is -0.164. The summed E-state index contributed by atoms with van der Waals surface area (Å²) in [5.74, 6) is 0.268. The van der Waals surface area contributed by atoms with E-state index in [1.807, 2.05) is 12.1 Å². The van der Waals surface area contributed by atoms with Crippen molar-refractivity contribution >= 4 is 11.6 Å². The molecule has 3 rings (SSSR count). The Hall–Kier alpha value is -2.30. The molecule has 0 bridgehead atoms. The largest absolute Gasteiger partial charge is 0.444 e. The third-order valence-electron chi connectivity index (χ3n) is 3.58. The first-order valence-electron chi connectivity index (χ1n) is 6.85. The molecular formula is C15H17N3O2. The van der Waals surface area contributed by atoms with Crippen molar-refractivity contribution in [2.24, 2.45) is 0 Å². The molecule has 0 unspecified atom stereocenters. The highest BCUT2D eigenvalue weighted by Crippen LogP contribution is 2.21. The number of carbonyl (C=O) groups excluding carboxylic acids is 1. The maximum atomic E-state index is 12.0. The topological polar surface area (TPSA) is 81.1 Å². The summed E-state index contributed by atoms with van der Waals surface area (Å²) in [6, 6.07) is 7.47. The molecule has 1 saturated carbocycles. The van der Waals surface area contributed by atoms with Crippen molar-refractivity contribution in [1.82, 2.24) is 10.3 Å². The van der Waals surface area contributed by atoms with E-state index < -0.39 is 0 Å². The van der Waals surface area contributed by atoms with E-state index >= 15 is 0 Å². The monoisotopic (exact) mass is 271 g/mol. The number of nitrogen functional groups attached to an aromatic ring is 1. The molecule has 1 amide bonds. The normalized spacial score (nSPS) is 15.4. The summed E-state index contributed by atoms with van der Waals surface area (Å²) in [6.45, 7) is 0. The fraction of sp³-hybridized carbons (Fsp3) is 0.333. The van der Waals surface area contributed by atoms with Crippen LogP contribution in [0, 0.1) is 0 Å². The van der Waals surface area contributed by atoms with Gasteiger partial charge in [0.15, 0.2) is 5.69 Å². The number of oxazole rings is 1. The molecule has 20 heavy (non-hydrogen) atoms. The van der Waals surface area contributed by atoms with Crippen molar-refractivity contribution in [3.05, 3.63) is 36.2 Å². The highest BCUT2D eigenvalue weighted by molar-refractivity contribution is 5.92. The summed E-state index contributed by atoms with van der Waals surface area (Å²) in [5.41, 5.74) is 7.44. The number of hydrogen-bond donors (Lipinski definition) is 2. The first-order chi connectivity index (χ1) is 9.72. The van der Waals surface area contributed by atoms with Gasteiger partial charge in [0.2, 0.25) is 5.89 Å².